The molecule has 184 valence electrons. The van der Waals surface area contributed by atoms with Crippen molar-refractivity contribution < 1.29 is 17.9 Å². The lowest BCUT2D eigenvalue weighted by Crippen LogP contribution is -2.42. The van der Waals surface area contributed by atoms with Gasteiger partial charge in [-0.2, -0.15) is 4.31 Å². The molecule has 0 radical (unpaired) electrons. The van der Waals surface area contributed by atoms with Gasteiger partial charge >= 0.3 is 5.97 Å². The highest BCUT2D eigenvalue weighted by Crippen LogP contribution is 2.32. The molecule has 0 spiro atoms. The monoisotopic (exact) mass is 503 g/mol. The van der Waals surface area contributed by atoms with Gasteiger partial charge in [0.05, 0.1) is 29.1 Å². The van der Waals surface area contributed by atoms with E-state index in [0.717, 1.165) is 36.2 Å². The number of thiophene rings is 1. The van der Waals surface area contributed by atoms with E-state index in [1.165, 1.54) is 29.0 Å². The number of methoxy groups -OCH3 is 1. The molecule has 3 rings (SSSR count). The van der Waals surface area contributed by atoms with Crippen LogP contribution in [0.1, 0.15) is 61.0 Å². The molecule has 34 heavy (non-hydrogen) atoms. The Hall–Kier alpha value is -2.41. The standard InChI is InChI=1S/C25H33N3O4S2/c1-25(2,3)14-13-20-16-22(23(33-20)24(29)32-5)27-18-9-11-19(12-10-18)28(4)34(30,31)21-8-6-7-15-26-17-21/h6-8,16-19,27H,9-12,15H2,1-5H3. The molecule has 1 fully saturated rings. The number of nitrogens with one attached hydrogen (secondary N) is 1. The van der Waals surface area contributed by atoms with Gasteiger partial charge in [0.2, 0.25) is 10.0 Å². The third kappa shape index (κ3) is 6.59. The Morgan fingerprint density at radius 1 is 1.26 bits per heavy atom. The van der Waals surface area contributed by atoms with Gasteiger partial charge in [0.25, 0.3) is 0 Å². The molecule has 2 aliphatic rings. The summed E-state index contributed by atoms with van der Waals surface area (Å²) in [6.45, 7) is 6.61. The summed E-state index contributed by atoms with van der Waals surface area (Å²) < 4.78 is 32.5. The van der Waals surface area contributed by atoms with Crippen LogP contribution in [-0.4, -0.2) is 57.7 Å². The molecule has 1 N–H and O–H groups in total. The lowest BCUT2D eigenvalue weighted by molar-refractivity contribution is 0.0607. The number of anilines is 1. The molecule has 2 heterocycles. The molecule has 1 aromatic heterocycles. The molecular formula is C25H33N3O4S2. The maximum Gasteiger partial charge on any atom is 0.350 e. The van der Waals surface area contributed by atoms with Crippen molar-refractivity contribution in [3.8, 4) is 11.8 Å². The maximum absolute atomic E-state index is 13.1. The van der Waals surface area contributed by atoms with E-state index in [-0.39, 0.29) is 28.4 Å². The summed E-state index contributed by atoms with van der Waals surface area (Å²) in [6.07, 6.45) is 9.61. The van der Waals surface area contributed by atoms with Crippen molar-refractivity contribution in [3.63, 3.8) is 0 Å². The number of allylic oxidation sites excluding steroid dienone is 3. The van der Waals surface area contributed by atoms with Crippen molar-refractivity contribution in [2.24, 2.45) is 10.4 Å². The van der Waals surface area contributed by atoms with Crippen LogP contribution in [0.2, 0.25) is 0 Å². The van der Waals surface area contributed by atoms with Crippen LogP contribution in [0.5, 0.6) is 0 Å². The van der Waals surface area contributed by atoms with Crippen LogP contribution in [0.3, 0.4) is 0 Å². The minimum atomic E-state index is -3.60. The number of rotatable bonds is 6. The van der Waals surface area contributed by atoms with E-state index in [1.807, 2.05) is 32.9 Å². The summed E-state index contributed by atoms with van der Waals surface area (Å²) in [7, 11) is -0.582. The summed E-state index contributed by atoms with van der Waals surface area (Å²) in [5.41, 5.74) is 0.592. The van der Waals surface area contributed by atoms with Crippen LogP contribution in [-0.2, 0) is 14.8 Å². The first-order chi connectivity index (χ1) is 16.0. The van der Waals surface area contributed by atoms with Gasteiger partial charge in [-0.1, -0.05) is 24.0 Å². The first-order valence-corrected chi connectivity index (χ1v) is 13.6. The van der Waals surface area contributed by atoms with Gasteiger partial charge in [0.15, 0.2) is 0 Å². The topological polar surface area (TPSA) is 88.1 Å². The molecular weight excluding hydrogens is 470 g/mol. The number of sulfonamides is 1. The van der Waals surface area contributed by atoms with Gasteiger partial charge in [-0.05, 0) is 58.6 Å². The molecule has 0 bridgehead atoms. The zero-order valence-corrected chi connectivity index (χ0v) is 22.1. The van der Waals surface area contributed by atoms with Crippen LogP contribution in [0.25, 0.3) is 0 Å². The van der Waals surface area contributed by atoms with Gasteiger partial charge in [-0.3, -0.25) is 4.99 Å². The van der Waals surface area contributed by atoms with E-state index in [0.29, 0.717) is 11.4 Å². The van der Waals surface area contributed by atoms with Crippen molar-refractivity contribution in [1.82, 2.24) is 4.31 Å². The van der Waals surface area contributed by atoms with Crippen LogP contribution < -0.4 is 5.32 Å². The summed E-state index contributed by atoms with van der Waals surface area (Å²) >= 11 is 1.33. The highest BCUT2D eigenvalue weighted by atomic mass is 32.2. The SMILES string of the molecule is COC(=O)c1sc(C#CC(C)(C)C)cc1NC1CCC(N(C)S(=O)(=O)C2=CC=CCN=C2)CC1. The predicted molar refractivity (Wildman–Crippen MR) is 139 cm³/mol. The van der Waals surface area contributed by atoms with Crippen molar-refractivity contribution in [2.75, 3.05) is 26.0 Å². The Bertz CT molecular complexity index is 1150. The zero-order chi connectivity index (χ0) is 24.9. The minimum Gasteiger partial charge on any atom is -0.465 e. The second-order valence-electron chi connectivity index (χ2n) is 9.51. The number of hydrogen-bond acceptors (Lipinski definition) is 7. The fourth-order valence-corrected chi connectivity index (χ4v) is 6.13. The fraction of sp³-hybridized carbons (Fsp3) is 0.520. The molecule has 1 aliphatic heterocycles. The number of carbonyl (C=O) groups is 1. The second-order valence-corrected chi connectivity index (χ2v) is 12.6. The van der Waals surface area contributed by atoms with E-state index in [9.17, 15) is 13.2 Å². The van der Waals surface area contributed by atoms with Gasteiger partial charge in [0.1, 0.15) is 4.88 Å². The number of ether oxygens (including phenoxy) is 1. The second kappa shape index (κ2) is 10.9. The highest BCUT2D eigenvalue weighted by molar-refractivity contribution is 7.93. The van der Waals surface area contributed by atoms with Gasteiger partial charge < -0.3 is 10.1 Å². The van der Waals surface area contributed by atoms with Crippen LogP contribution >= 0.6 is 11.3 Å². The zero-order valence-electron chi connectivity index (χ0n) is 20.4. The molecule has 0 atom stereocenters. The van der Waals surface area contributed by atoms with Crippen molar-refractivity contribution in [2.45, 2.75) is 58.5 Å². The van der Waals surface area contributed by atoms with Crippen LogP contribution in [0, 0.1) is 17.3 Å². The van der Waals surface area contributed by atoms with Gasteiger partial charge in [-0.15, -0.1) is 11.3 Å². The number of aliphatic imine (C=N–C) groups is 1. The quantitative estimate of drug-likeness (QED) is 0.458. The molecule has 0 unspecified atom stereocenters. The van der Waals surface area contributed by atoms with Crippen LogP contribution in [0.15, 0.2) is 34.2 Å². The highest BCUT2D eigenvalue weighted by Gasteiger charge is 2.32. The van der Waals surface area contributed by atoms with Gasteiger partial charge in [-0.25, -0.2) is 13.2 Å². The smallest absolute Gasteiger partial charge is 0.350 e. The fourth-order valence-electron chi connectivity index (χ4n) is 3.84. The molecule has 1 aliphatic carbocycles. The molecule has 0 amide bonds. The molecule has 7 nitrogen and oxygen atoms in total. The van der Waals surface area contributed by atoms with Crippen molar-refractivity contribution in [1.29, 1.82) is 0 Å². The number of hydrogen-bond donors (Lipinski definition) is 1. The molecule has 1 saturated carbocycles. The molecule has 0 saturated heterocycles. The maximum atomic E-state index is 13.1. The Labute approximate surface area is 207 Å². The van der Waals surface area contributed by atoms with E-state index in [1.54, 1.807) is 19.2 Å². The van der Waals surface area contributed by atoms with E-state index >= 15 is 0 Å². The first-order valence-electron chi connectivity index (χ1n) is 11.4. The lowest BCUT2D eigenvalue weighted by Gasteiger charge is -2.34. The van der Waals surface area contributed by atoms with Crippen molar-refractivity contribution in [3.05, 3.63) is 39.0 Å². The van der Waals surface area contributed by atoms with E-state index < -0.39 is 10.0 Å². The van der Waals surface area contributed by atoms with Gasteiger partial charge in [0, 0.05) is 30.8 Å². The Morgan fingerprint density at radius 2 is 1.97 bits per heavy atom. The number of carbonyl (C=O) groups excluding carboxylic acids is 1. The Kier molecular flexibility index (Phi) is 8.39. The number of esters is 1. The Balaban J connectivity index is 1.68. The predicted octanol–water partition coefficient (Wildman–Crippen LogP) is 4.44. The Morgan fingerprint density at radius 3 is 2.62 bits per heavy atom. The average Bonchev–Trinajstić information content (AvgIpc) is 2.99. The average molecular weight is 504 g/mol. The van der Waals surface area contributed by atoms with E-state index in [4.69, 9.17) is 4.74 Å². The third-order valence-corrected chi connectivity index (χ3v) is 8.66. The molecule has 0 aromatic carbocycles. The summed E-state index contributed by atoms with van der Waals surface area (Å²) in [5, 5.41) is 3.48. The largest absolute Gasteiger partial charge is 0.465 e. The normalized spacial score (nSPS) is 20.8. The van der Waals surface area contributed by atoms with E-state index in [2.05, 4.69) is 22.2 Å². The summed E-state index contributed by atoms with van der Waals surface area (Å²) in [6, 6.07) is 1.96. The minimum absolute atomic E-state index is 0.0830. The third-order valence-electron chi connectivity index (χ3n) is 5.74. The van der Waals surface area contributed by atoms with Crippen molar-refractivity contribution >= 4 is 39.2 Å². The summed E-state index contributed by atoms with van der Waals surface area (Å²) in [5.74, 6) is 5.98. The lowest BCUT2D eigenvalue weighted by atomic mass is 9.91. The summed E-state index contributed by atoms with van der Waals surface area (Å²) in [4.78, 5) is 18.0. The molecule has 1 aromatic rings. The first kappa shape index (κ1) is 26.2. The molecule has 9 heteroatoms. The number of nitrogens with zero attached hydrogens (tertiary/aromatic N) is 2. The van der Waals surface area contributed by atoms with Crippen LogP contribution in [0.4, 0.5) is 5.69 Å².